The molecule has 1 N–H and O–H groups in total. The van der Waals surface area contributed by atoms with Gasteiger partial charge in [0.1, 0.15) is 5.82 Å². The Hall–Kier alpha value is -2.91. The molecule has 0 radical (unpaired) electrons. The average Bonchev–Trinajstić information content (AvgIpc) is 2.63. The topological polar surface area (TPSA) is 42.0 Å². The molecule has 0 fully saturated rings. The number of carbonyl (C=O) groups is 1. The third kappa shape index (κ3) is 4.09. The van der Waals surface area contributed by atoms with Gasteiger partial charge in [-0.1, -0.05) is 72.3 Å². The SMILES string of the molecule is O=C(Nc1ccc(Cl)cn1)/C(=C\c1ccccc1)c1ccccc1. The molecule has 24 heavy (non-hydrogen) atoms. The van der Waals surface area contributed by atoms with Gasteiger partial charge in [0.15, 0.2) is 0 Å². The molecule has 118 valence electrons. The second kappa shape index (κ2) is 7.57. The number of carbonyl (C=O) groups excluding carboxylic acids is 1. The Morgan fingerprint density at radius 1 is 0.917 bits per heavy atom. The van der Waals surface area contributed by atoms with E-state index in [0.29, 0.717) is 16.4 Å². The van der Waals surface area contributed by atoms with Crippen LogP contribution >= 0.6 is 11.6 Å². The van der Waals surface area contributed by atoms with Crippen molar-refractivity contribution >= 4 is 35.0 Å². The molecule has 3 rings (SSSR count). The summed E-state index contributed by atoms with van der Waals surface area (Å²) in [5.74, 6) is 0.235. The van der Waals surface area contributed by atoms with Gasteiger partial charge in [-0.3, -0.25) is 4.79 Å². The zero-order valence-corrected chi connectivity index (χ0v) is 13.6. The lowest BCUT2D eigenvalue weighted by atomic mass is 10.0. The molecule has 2 aromatic carbocycles. The number of aromatic nitrogens is 1. The fourth-order valence-electron chi connectivity index (χ4n) is 2.25. The second-order valence-electron chi connectivity index (χ2n) is 5.15. The predicted molar refractivity (Wildman–Crippen MR) is 98.6 cm³/mol. The van der Waals surface area contributed by atoms with E-state index >= 15 is 0 Å². The summed E-state index contributed by atoms with van der Waals surface area (Å²) in [6.07, 6.45) is 3.36. The van der Waals surface area contributed by atoms with Gasteiger partial charge in [-0.2, -0.15) is 0 Å². The van der Waals surface area contributed by atoms with Gasteiger partial charge in [-0.05, 0) is 29.3 Å². The Morgan fingerprint density at radius 2 is 1.58 bits per heavy atom. The molecule has 1 heterocycles. The standard InChI is InChI=1S/C20H15ClN2O/c21-17-11-12-19(22-14-17)23-20(24)18(16-9-5-2-6-10-16)13-15-7-3-1-4-8-15/h1-14H,(H,22,23,24)/b18-13-. The molecule has 0 aliphatic rings. The van der Waals surface area contributed by atoms with Crippen molar-refractivity contribution < 1.29 is 4.79 Å². The van der Waals surface area contributed by atoms with E-state index in [9.17, 15) is 4.79 Å². The lowest BCUT2D eigenvalue weighted by molar-refractivity contribution is -0.111. The Labute approximate surface area is 145 Å². The number of hydrogen-bond donors (Lipinski definition) is 1. The van der Waals surface area contributed by atoms with Crippen molar-refractivity contribution in [3.8, 4) is 0 Å². The van der Waals surface area contributed by atoms with Crippen LogP contribution in [0.1, 0.15) is 11.1 Å². The number of hydrogen-bond acceptors (Lipinski definition) is 2. The smallest absolute Gasteiger partial charge is 0.257 e. The van der Waals surface area contributed by atoms with Crippen LogP contribution in [0.15, 0.2) is 79.0 Å². The highest BCUT2D eigenvalue weighted by molar-refractivity contribution is 6.31. The van der Waals surface area contributed by atoms with E-state index in [0.717, 1.165) is 11.1 Å². The Kier molecular flexibility index (Phi) is 5.04. The number of anilines is 1. The van der Waals surface area contributed by atoms with E-state index in [4.69, 9.17) is 11.6 Å². The molecule has 0 unspecified atom stereocenters. The van der Waals surface area contributed by atoms with E-state index in [1.807, 2.05) is 66.7 Å². The second-order valence-corrected chi connectivity index (χ2v) is 5.59. The summed E-state index contributed by atoms with van der Waals surface area (Å²) in [6.45, 7) is 0. The minimum absolute atomic E-state index is 0.222. The average molecular weight is 335 g/mol. The Bertz CT molecular complexity index is 844. The molecular formula is C20H15ClN2O. The quantitative estimate of drug-likeness (QED) is 0.544. The van der Waals surface area contributed by atoms with Crippen LogP contribution in [0.4, 0.5) is 5.82 Å². The van der Waals surface area contributed by atoms with Crippen molar-refractivity contribution in [2.45, 2.75) is 0 Å². The summed E-state index contributed by atoms with van der Waals surface area (Å²) in [6, 6.07) is 22.6. The molecule has 3 nitrogen and oxygen atoms in total. The highest BCUT2D eigenvalue weighted by atomic mass is 35.5. The number of pyridine rings is 1. The first-order chi connectivity index (χ1) is 11.7. The van der Waals surface area contributed by atoms with Gasteiger partial charge in [0.2, 0.25) is 0 Å². The van der Waals surface area contributed by atoms with Crippen molar-refractivity contribution in [1.82, 2.24) is 4.98 Å². The van der Waals surface area contributed by atoms with Gasteiger partial charge in [0.25, 0.3) is 5.91 Å². The summed E-state index contributed by atoms with van der Waals surface area (Å²) in [5.41, 5.74) is 2.36. The zero-order chi connectivity index (χ0) is 16.8. The zero-order valence-electron chi connectivity index (χ0n) is 12.8. The minimum atomic E-state index is -0.222. The van der Waals surface area contributed by atoms with Crippen LogP contribution in [0, 0.1) is 0 Å². The number of halogens is 1. The molecule has 3 aromatic rings. The van der Waals surface area contributed by atoms with Crippen LogP contribution in [0.25, 0.3) is 11.6 Å². The molecular weight excluding hydrogens is 320 g/mol. The molecule has 1 aromatic heterocycles. The minimum Gasteiger partial charge on any atom is -0.307 e. The van der Waals surface area contributed by atoms with Gasteiger partial charge in [0.05, 0.1) is 5.02 Å². The predicted octanol–water partition coefficient (Wildman–Crippen LogP) is 4.91. The van der Waals surface area contributed by atoms with E-state index in [1.54, 1.807) is 12.1 Å². The van der Waals surface area contributed by atoms with Crippen molar-refractivity contribution in [3.05, 3.63) is 95.1 Å². The van der Waals surface area contributed by atoms with Crippen molar-refractivity contribution in [2.75, 3.05) is 5.32 Å². The molecule has 0 bridgehead atoms. The van der Waals surface area contributed by atoms with Gasteiger partial charge in [-0.15, -0.1) is 0 Å². The molecule has 0 spiro atoms. The summed E-state index contributed by atoms with van der Waals surface area (Å²) in [5, 5.41) is 3.34. The number of nitrogens with zero attached hydrogens (tertiary/aromatic N) is 1. The first kappa shape index (κ1) is 16.0. The van der Waals surface area contributed by atoms with Gasteiger partial charge in [-0.25, -0.2) is 4.98 Å². The van der Waals surface area contributed by atoms with Crippen LogP contribution in [-0.2, 0) is 4.79 Å². The van der Waals surface area contributed by atoms with Crippen molar-refractivity contribution in [3.63, 3.8) is 0 Å². The first-order valence-corrected chi connectivity index (χ1v) is 7.85. The van der Waals surface area contributed by atoms with Gasteiger partial charge >= 0.3 is 0 Å². The number of benzene rings is 2. The largest absolute Gasteiger partial charge is 0.307 e. The molecule has 1 amide bonds. The van der Waals surface area contributed by atoms with Crippen LogP contribution in [0.5, 0.6) is 0 Å². The van der Waals surface area contributed by atoms with Crippen LogP contribution in [0.2, 0.25) is 5.02 Å². The maximum atomic E-state index is 12.7. The van der Waals surface area contributed by atoms with E-state index in [2.05, 4.69) is 10.3 Å². The third-order valence-electron chi connectivity index (χ3n) is 3.41. The summed E-state index contributed by atoms with van der Waals surface area (Å²) in [7, 11) is 0. The number of rotatable bonds is 4. The summed E-state index contributed by atoms with van der Waals surface area (Å²) < 4.78 is 0. The van der Waals surface area contributed by atoms with E-state index < -0.39 is 0 Å². The number of amides is 1. The lowest BCUT2D eigenvalue weighted by Crippen LogP contribution is -2.14. The molecule has 0 atom stereocenters. The summed E-state index contributed by atoms with van der Waals surface area (Å²) in [4.78, 5) is 16.9. The summed E-state index contributed by atoms with van der Waals surface area (Å²) >= 11 is 5.83. The highest BCUT2D eigenvalue weighted by Gasteiger charge is 2.13. The van der Waals surface area contributed by atoms with E-state index in [1.165, 1.54) is 6.20 Å². The Balaban J connectivity index is 1.94. The van der Waals surface area contributed by atoms with Crippen LogP contribution in [-0.4, -0.2) is 10.9 Å². The maximum absolute atomic E-state index is 12.7. The van der Waals surface area contributed by atoms with Crippen molar-refractivity contribution in [2.24, 2.45) is 0 Å². The molecule has 4 heteroatoms. The van der Waals surface area contributed by atoms with Gasteiger partial charge in [0, 0.05) is 11.8 Å². The maximum Gasteiger partial charge on any atom is 0.257 e. The van der Waals surface area contributed by atoms with Crippen molar-refractivity contribution in [1.29, 1.82) is 0 Å². The molecule has 0 saturated heterocycles. The molecule has 0 aliphatic carbocycles. The molecule has 0 aliphatic heterocycles. The molecule has 0 saturated carbocycles. The Morgan fingerprint density at radius 3 is 2.21 bits per heavy atom. The van der Waals surface area contributed by atoms with Crippen LogP contribution < -0.4 is 5.32 Å². The lowest BCUT2D eigenvalue weighted by Gasteiger charge is -2.09. The third-order valence-corrected chi connectivity index (χ3v) is 3.63. The van der Waals surface area contributed by atoms with E-state index in [-0.39, 0.29) is 5.91 Å². The fraction of sp³-hybridized carbons (Fsp3) is 0. The monoisotopic (exact) mass is 334 g/mol. The highest BCUT2D eigenvalue weighted by Crippen LogP contribution is 2.20. The normalized spacial score (nSPS) is 11.1. The van der Waals surface area contributed by atoms with Crippen LogP contribution in [0.3, 0.4) is 0 Å². The first-order valence-electron chi connectivity index (χ1n) is 7.47. The number of nitrogens with one attached hydrogen (secondary N) is 1. The van der Waals surface area contributed by atoms with Gasteiger partial charge < -0.3 is 5.32 Å². The fourth-order valence-corrected chi connectivity index (χ4v) is 2.36.